The van der Waals surface area contributed by atoms with Gasteiger partial charge in [-0.3, -0.25) is 38.7 Å². The number of nitrogens with two attached hydrogens (primary N) is 1. The molecule has 1 atom stereocenters. The summed E-state index contributed by atoms with van der Waals surface area (Å²) in [5.74, 6) is -0.962. The largest absolute Gasteiger partial charge is 0.492 e. The van der Waals surface area contributed by atoms with Crippen LogP contribution in [0.2, 0.25) is 5.02 Å². The fourth-order valence-corrected chi connectivity index (χ4v) is 7.61. The predicted molar refractivity (Wildman–Crippen MR) is 189 cm³/mol. The average Bonchev–Trinajstić information content (AvgIpc) is 3.41. The van der Waals surface area contributed by atoms with Crippen molar-refractivity contribution >= 4 is 47.0 Å². The number of fused-ring (bicyclic) bond motifs is 1. The van der Waals surface area contributed by atoms with Crippen LogP contribution in [0.15, 0.2) is 48.8 Å². The lowest BCUT2D eigenvalue weighted by molar-refractivity contribution is -0.155. The molecule has 53 heavy (non-hydrogen) atoms. The van der Waals surface area contributed by atoms with Crippen LogP contribution in [-0.2, 0) is 9.59 Å². The van der Waals surface area contributed by atoms with Gasteiger partial charge in [0.15, 0.2) is 0 Å². The highest BCUT2D eigenvalue weighted by Gasteiger charge is 2.49. The molecule has 1 saturated carbocycles. The van der Waals surface area contributed by atoms with E-state index in [2.05, 4.69) is 19.8 Å². The number of nitrogens with zero attached hydrogens (tertiary/aromatic N) is 7. The zero-order valence-corrected chi connectivity index (χ0v) is 29.5. The number of ether oxygens (including phenoxy) is 2. The van der Waals surface area contributed by atoms with E-state index in [0.29, 0.717) is 79.8 Å². The number of aromatic nitrogens is 2. The van der Waals surface area contributed by atoms with Crippen LogP contribution in [0.25, 0.3) is 0 Å². The molecule has 3 fully saturated rings. The van der Waals surface area contributed by atoms with Crippen molar-refractivity contribution in [1.82, 2.24) is 24.7 Å². The molecular weight excluding hydrogens is 704 g/mol. The fourth-order valence-electron chi connectivity index (χ4n) is 7.40. The van der Waals surface area contributed by atoms with Gasteiger partial charge in [0.2, 0.25) is 5.91 Å². The van der Waals surface area contributed by atoms with E-state index in [1.165, 1.54) is 11.1 Å². The van der Waals surface area contributed by atoms with Crippen LogP contribution in [0.4, 0.5) is 5.82 Å². The Hall–Kier alpha value is -5.59. The summed E-state index contributed by atoms with van der Waals surface area (Å²) in [6, 6.07) is 10.2. The summed E-state index contributed by atoms with van der Waals surface area (Å²) in [6.07, 6.45) is 5.06. The maximum absolute atomic E-state index is 13.9. The number of piperidine rings is 1. The van der Waals surface area contributed by atoms with Crippen LogP contribution in [-0.4, -0.2) is 112 Å². The Morgan fingerprint density at radius 1 is 0.887 bits per heavy atom. The first-order chi connectivity index (χ1) is 25.6. The lowest BCUT2D eigenvalue weighted by atomic mass is 9.89. The number of hydrogen-bond donors (Lipinski definition) is 1. The number of carbonyl (C=O) groups is 5. The number of hydrogen-bond acceptors (Lipinski definition) is 12. The van der Waals surface area contributed by atoms with Crippen LogP contribution in [0, 0.1) is 11.3 Å². The number of nitriles is 1. The number of amides is 5. The summed E-state index contributed by atoms with van der Waals surface area (Å²) in [4.78, 5) is 80.4. The normalized spacial score (nSPS) is 22.1. The Labute approximate surface area is 310 Å². The summed E-state index contributed by atoms with van der Waals surface area (Å²) < 4.78 is 12.1. The highest BCUT2D eigenvalue weighted by Crippen LogP contribution is 2.35. The third-order valence-corrected chi connectivity index (χ3v) is 10.6. The Kier molecular flexibility index (Phi) is 10.3. The van der Waals surface area contributed by atoms with Gasteiger partial charge in [-0.1, -0.05) is 11.6 Å². The van der Waals surface area contributed by atoms with Gasteiger partial charge in [0, 0.05) is 51.3 Å². The maximum atomic E-state index is 13.9. The quantitative estimate of drug-likeness (QED) is 0.300. The SMILES string of the molecule is N#Cc1ccc(OC2CCC(N3C(=O)CCC(N4C(=O)c5ccc(OCCN6CCN(c7cnc(C(N)=O)cn7)CC6)cc5C4=O)C3=O)CC2)cc1Cl. The topological polar surface area (TPSA) is 192 Å². The molecule has 1 aromatic heterocycles. The molecule has 2 saturated heterocycles. The van der Waals surface area contributed by atoms with Crippen LogP contribution < -0.4 is 20.1 Å². The third kappa shape index (κ3) is 7.37. The van der Waals surface area contributed by atoms with Gasteiger partial charge < -0.3 is 20.1 Å². The zero-order chi connectivity index (χ0) is 37.2. The van der Waals surface area contributed by atoms with Crippen molar-refractivity contribution in [1.29, 1.82) is 5.26 Å². The van der Waals surface area contributed by atoms with Crippen molar-refractivity contribution < 1.29 is 33.4 Å². The Bertz CT molecular complexity index is 1990. The molecule has 1 unspecified atom stereocenters. The van der Waals surface area contributed by atoms with Gasteiger partial charge in [0.1, 0.15) is 41.7 Å². The number of benzene rings is 2. The molecule has 274 valence electrons. The zero-order valence-electron chi connectivity index (χ0n) is 28.8. The van der Waals surface area contributed by atoms with E-state index < -0.39 is 29.7 Å². The Morgan fingerprint density at radius 2 is 1.62 bits per heavy atom. The predicted octanol–water partition coefficient (Wildman–Crippen LogP) is 2.81. The number of primary amides is 1. The monoisotopic (exact) mass is 740 g/mol. The van der Waals surface area contributed by atoms with Gasteiger partial charge in [-0.25, -0.2) is 9.97 Å². The molecule has 4 heterocycles. The van der Waals surface area contributed by atoms with Gasteiger partial charge in [0.25, 0.3) is 23.6 Å². The van der Waals surface area contributed by atoms with Crippen molar-refractivity contribution in [2.45, 2.75) is 56.7 Å². The molecule has 0 spiro atoms. The number of imide groups is 2. The van der Waals surface area contributed by atoms with E-state index in [4.69, 9.17) is 32.1 Å². The van der Waals surface area contributed by atoms with E-state index >= 15 is 0 Å². The summed E-state index contributed by atoms with van der Waals surface area (Å²) in [7, 11) is 0. The van der Waals surface area contributed by atoms with Crippen molar-refractivity contribution in [2.24, 2.45) is 5.73 Å². The molecule has 2 N–H and O–H groups in total. The van der Waals surface area contributed by atoms with Crippen molar-refractivity contribution in [3.05, 3.63) is 76.2 Å². The van der Waals surface area contributed by atoms with Gasteiger partial charge >= 0.3 is 0 Å². The molecule has 0 radical (unpaired) electrons. The summed E-state index contributed by atoms with van der Waals surface area (Å²) in [5, 5.41) is 9.42. The van der Waals surface area contributed by atoms with Gasteiger partial charge in [-0.05, 0) is 62.4 Å². The van der Waals surface area contributed by atoms with Gasteiger partial charge in [-0.15, -0.1) is 0 Å². The molecule has 2 aromatic carbocycles. The molecule has 7 rings (SSSR count). The molecule has 0 bridgehead atoms. The second-order valence-corrected chi connectivity index (χ2v) is 13.9. The molecule has 15 nitrogen and oxygen atoms in total. The number of rotatable bonds is 10. The van der Waals surface area contributed by atoms with Crippen LogP contribution in [0.3, 0.4) is 0 Å². The number of piperazine rings is 1. The molecule has 4 aliphatic rings. The minimum absolute atomic E-state index is 0.0432. The van der Waals surface area contributed by atoms with Crippen molar-refractivity contribution in [3.8, 4) is 17.6 Å². The van der Waals surface area contributed by atoms with Crippen LogP contribution >= 0.6 is 11.6 Å². The molecule has 16 heteroatoms. The summed E-state index contributed by atoms with van der Waals surface area (Å²) >= 11 is 6.15. The number of likely N-dealkylation sites (tertiary alicyclic amines) is 1. The Balaban J connectivity index is 0.915. The first-order valence-corrected chi connectivity index (χ1v) is 17.9. The standard InChI is InChI=1S/C37H37ClN8O7/c38-29-18-26(4-1-22(29)19-39)53-24-5-2-23(3-6-24)45-33(47)10-9-31(37(45)51)46-35(49)27-8-7-25(17-28(27)36(46)50)52-16-15-43-11-13-44(14-12-43)32-21-41-30(20-42-32)34(40)48/h1,4,7-8,17-18,20-21,23-24,31H,2-3,5-6,9-16H2,(H2,40,48). The van der Waals surface area contributed by atoms with E-state index in [1.54, 1.807) is 42.6 Å². The highest BCUT2D eigenvalue weighted by molar-refractivity contribution is 6.31. The van der Waals surface area contributed by atoms with E-state index in [-0.39, 0.29) is 47.7 Å². The van der Waals surface area contributed by atoms with Crippen LogP contribution in [0.1, 0.15) is 75.3 Å². The number of carbonyl (C=O) groups excluding carboxylic acids is 5. The first-order valence-electron chi connectivity index (χ1n) is 17.6. The molecule has 1 aliphatic carbocycles. The van der Waals surface area contributed by atoms with Gasteiger partial charge in [-0.2, -0.15) is 5.26 Å². The first kappa shape index (κ1) is 35.8. The second-order valence-electron chi connectivity index (χ2n) is 13.4. The van der Waals surface area contributed by atoms with Crippen LogP contribution in [0.5, 0.6) is 11.5 Å². The molecular formula is C37H37ClN8O7. The smallest absolute Gasteiger partial charge is 0.268 e. The van der Waals surface area contributed by atoms with Crippen molar-refractivity contribution in [3.63, 3.8) is 0 Å². The number of anilines is 1. The molecule has 3 aromatic rings. The van der Waals surface area contributed by atoms with E-state index in [0.717, 1.165) is 18.0 Å². The summed E-state index contributed by atoms with van der Waals surface area (Å²) in [6.45, 7) is 3.92. The lowest BCUT2D eigenvalue weighted by Gasteiger charge is -2.41. The lowest BCUT2D eigenvalue weighted by Crippen LogP contribution is -2.59. The second kappa shape index (κ2) is 15.2. The summed E-state index contributed by atoms with van der Waals surface area (Å²) in [5.41, 5.74) is 6.08. The minimum Gasteiger partial charge on any atom is -0.492 e. The average molecular weight is 741 g/mol. The minimum atomic E-state index is -1.08. The Morgan fingerprint density at radius 3 is 2.30 bits per heavy atom. The van der Waals surface area contributed by atoms with Crippen molar-refractivity contribution in [2.75, 3.05) is 44.2 Å². The third-order valence-electron chi connectivity index (χ3n) is 10.3. The fraction of sp³-hybridized carbons (Fsp3) is 0.405. The number of halogens is 1. The molecule has 3 aliphatic heterocycles. The molecule has 5 amide bonds. The highest BCUT2D eigenvalue weighted by atomic mass is 35.5. The van der Waals surface area contributed by atoms with E-state index in [9.17, 15) is 24.0 Å². The van der Waals surface area contributed by atoms with E-state index in [1.807, 2.05) is 6.07 Å². The maximum Gasteiger partial charge on any atom is 0.268 e. The van der Waals surface area contributed by atoms with Gasteiger partial charge in [0.05, 0.1) is 40.2 Å².